The van der Waals surface area contributed by atoms with Crippen LogP contribution in [0.3, 0.4) is 0 Å². The fraction of sp³-hybridized carbons (Fsp3) is 0.571. The van der Waals surface area contributed by atoms with E-state index < -0.39 is 5.54 Å². The van der Waals surface area contributed by atoms with E-state index >= 15 is 0 Å². The molecule has 1 aliphatic heterocycles. The van der Waals surface area contributed by atoms with Crippen LogP contribution in [0.5, 0.6) is 0 Å². The van der Waals surface area contributed by atoms with Gasteiger partial charge in [-0.05, 0) is 20.8 Å². The summed E-state index contributed by atoms with van der Waals surface area (Å²) in [6.07, 6.45) is 0. The summed E-state index contributed by atoms with van der Waals surface area (Å²) in [7, 11) is 0. The van der Waals surface area contributed by atoms with Crippen molar-refractivity contribution >= 4 is 17.3 Å². The Hall–Kier alpha value is -0.990. The van der Waals surface area contributed by atoms with E-state index in [0.29, 0.717) is 5.71 Å². The minimum Gasteiger partial charge on any atom is -0.296 e. The summed E-state index contributed by atoms with van der Waals surface area (Å²) >= 11 is 0. The van der Waals surface area contributed by atoms with Crippen molar-refractivity contribution in [2.24, 2.45) is 4.99 Å². The molecule has 0 amide bonds. The minimum atomic E-state index is -1.03. The quantitative estimate of drug-likeness (QED) is 0.519. The lowest BCUT2D eigenvalue weighted by molar-refractivity contribution is -0.127. The van der Waals surface area contributed by atoms with Crippen LogP contribution in [0.25, 0.3) is 0 Å². The van der Waals surface area contributed by atoms with Crippen LogP contribution in [-0.2, 0) is 9.59 Å². The summed E-state index contributed by atoms with van der Waals surface area (Å²) in [5.74, 6) is -0.338. The average molecular weight is 139 g/mol. The maximum Gasteiger partial charge on any atom is 0.213 e. The molecule has 0 bridgehead atoms. The Morgan fingerprint density at radius 3 is 1.60 bits per heavy atom. The number of Topliss-reactive ketones (excluding diaryl/α,β-unsaturated/α-hetero) is 2. The Kier molecular flexibility index (Phi) is 1.24. The molecule has 0 unspecified atom stereocenters. The molecule has 0 saturated heterocycles. The first-order chi connectivity index (χ1) is 4.51. The Morgan fingerprint density at radius 1 is 1.30 bits per heavy atom. The zero-order valence-electron chi connectivity index (χ0n) is 6.26. The van der Waals surface area contributed by atoms with Gasteiger partial charge < -0.3 is 0 Å². The van der Waals surface area contributed by atoms with Gasteiger partial charge in [-0.25, -0.2) is 0 Å². The number of ketones is 2. The normalized spacial score (nSPS) is 19.7. The predicted molar refractivity (Wildman–Crippen MR) is 37.2 cm³/mol. The van der Waals surface area contributed by atoms with Crippen molar-refractivity contribution < 1.29 is 9.59 Å². The van der Waals surface area contributed by atoms with Gasteiger partial charge in [0.2, 0.25) is 5.54 Å². The first-order valence-corrected chi connectivity index (χ1v) is 3.11. The Balaban J connectivity index is 2.86. The van der Waals surface area contributed by atoms with Crippen LogP contribution >= 0.6 is 0 Å². The number of carbonyl (C=O) groups excluding carboxylic acids is 2. The number of hydrogen-bond donors (Lipinski definition) is 0. The van der Waals surface area contributed by atoms with Gasteiger partial charge in [0.1, 0.15) is 0 Å². The first kappa shape index (κ1) is 7.12. The molecule has 0 atom stereocenters. The standard InChI is InChI=1S/C7H9NO2/c1-4-7(8-4,5(2)9)6(3)10/h1-3H3. The Labute approximate surface area is 59.1 Å². The summed E-state index contributed by atoms with van der Waals surface area (Å²) in [4.78, 5) is 25.5. The molecular formula is C7H9NO2. The molecule has 0 saturated carbocycles. The van der Waals surface area contributed by atoms with E-state index in [0.717, 1.165) is 0 Å². The van der Waals surface area contributed by atoms with E-state index in [1.807, 2.05) is 0 Å². The lowest BCUT2D eigenvalue weighted by Gasteiger charge is -2.03. The van der Waals surface area contributed by atoms with Gasteiger partial charge in [0.25, 0.3) is 0 Å². The van der Waals surface area contributed by atoms with E-state index in [1.54, 1.807) is 6.92 Å². The summed E-state index contributed by atoms with van der Waals surface area (Å²) in [5, 5.41) is 0. The van der Waals surface area contributed by atoms with Gasteiger partial charge in [-0.3, -0.25) is 14.6 Å². The van der Waals surface area contributed by atoms with Crippen LogP contribution in [0, 0.1) is 0 Å². The summed E-state index contributed by atoms with van der Waals surface area (Å²) in [5.41, 5.74) is -0.382. The highest BCUT2D eigenvalue weighted by molar-refractivity contribution is 6.37. The second-order valence-electron chi connectivity index (χ2n) is 2.52. The minimum absolute atomic E-state index is 0.169. The SMILES string of the molecule is CC(=O)C1(C(C)=O)N=C1C. The maximum absolute atomic E-state index is 10.8. The molecule has 0 radical (unpaired) electrons. The van der Waals surface area contributed by atoms with Crippen molar-refractivity contribution in [3.05, 3.63) is 0 Å². The predicted octanol–water partition coefficient (Wildman–Crippen LogP) is 0.378. The smallest absolute Gasteiger partial charge is 0.213 e. The van der Waals surface area contributed by atoms with E-state index in [-0.39, 0.29) is 11.6 Å². The number of rotatable bonds is 2. The first-order valence-electron chi connectivity index (χ1n) is 3.11. The van der Waals surface area contributed by atoms with Gasteiger partial charge in [0, 0.05) is 0 Å². The molecule has 10 heavy (non-hydrogen) atoms. The average Bonchev–Trinajstić information content (AvgIpc) is 2.42. The molecule has 1 aliphatic rings. The molecular weight excluding hydrogens is 130 g/mol. The van der Waals surface area contributed by atoms with Gasteiger partial charge in [0.15, 0.2) is 11.6 Å². The second kappa shape index (κ2) is 1.75. The van der Waals surface area contributed by atoms with Crippen LogP contribution in [0.2, 0.25) is 0 Å². The van der Waals surface area contributed by atoms with E-state index in [2.05, 4.69) is 4.99 Å². The van der Waals surface area contributed by atoms with Gasteiger partial charge in [-0.15, -0.1) is 0 Å². The van der Waals surface area contributed by atoms with E-state index in [9.17, 15) is 9.59 Å². The fourth-order valence-electron chi connectivity index (χ4n) is 1.14. The zero-order valence-corrected chi connectivity index (χ0v) is 6.26. The molecule has 3 heteroatoms. The molecule has 0 aromatic carbocycles. The summed E-state index contributed by atoms with van der Waals surface area (Å²) in [6.45, 7) is 4.48. The largest absolute Gasteiger partial charge is 0.296 e. The lowest BCUT2D eigenvalue weighted by Crippen LogP contribution is -2.34. The van der Waals surface area contributed by atoms with Crippen LogP contribution in [0.4, 0.5) is 0 Å². The van der Waals surface area contributed by atoms with E-state index in [4.69, 9.17) is 0 Å². The summed E-state index contributed by atoms with van der Waals surface area (Å²) in [6, 6.07) is 0. The number of aliphatic imine (C=N–C) groups is 1. The number of carbonyl (C=O) groups is 2. The van der Waals surface area contributed by atoms with Crippen LogP contribution in [0.1, 0.15) is 20.8 Å². The third kappa shape index (κ3) is 0.632. The third-order valence-corrected chi connectivity index (χ3v) is 1.83. The molecule has 0 aromatic rings. The second-order valence-corrected chi connectivity index (χ2v) is 2.52. The van der Waals surface area contributed by atoms with E-state index in [1.165, 1.54) is 13.8 Å². The highest BCUT2D eigenvalue weighted by Crippen LogP contribution is 2.29. The third-order valence-electron chi connectivity index (χ3n) is 1.83. The zero-order chi connectivity index (χ0) is 7.94. The molecule has 1 rings (SSSR count). The van der Waals surface area contributed by atoms with Gasteiger partial charge >= 0.3 is 0 Å². The van der Waals surface area contributed by atoms with Crippen LogP contribution in [-0.4, -0.2) is 22.8 Å². The molecule has 0 aromatic heterocycles. The van der Waals surface area contributed by atoms with Gasteiger partial charge in [-0.2, -0.15) is 0 Å². The van der Waals surface area contributed by atoms with Gasteiger partial charge in [0.05, 0.1) is 5.71 Å². The highest BCUT2D eigenvalue weighted by Gasteiger charge is 2.53. The van der Waals surface area contributed by atoms with Crippen molar-refractivity contribution in [1.29, 1.82) is 0 Å². The highest BCUT2D eigenvalue weighted by atomic mass is 16.2. The fourth-order valence-corrected chi connectivity index (χ4v) is 1.14. The van der Waals surface area contributed by atoms with Crippen LogP contribution in [0.15, 0.2) is 4.99 Å². The molecule has 1 heterocycles. The number of hydrogen-bond acceptors (Lipinski definition) is 3. The molecule has 54 valence electrons. The monoisotopic (exact) mass is 139 g/mol. The molecule has 3 nitrogen and oxygen atoms in total. The van der Waals surface area contributed by atoms with Crippen molar-refractivity contribution in [3.8, 4) is 0 Å². The van der Waals surface area contributed by atoms with Crippen molar-refractivity contribution in [2.45, 2.75) is 26.3 Å². The molecule has 0 fully saturated rings. The lowest BCUT2D eigenvalue weighted by atomic mass is 9.95. The maximum atomic E-state index is 10.8. The Bertz CT molecular complexity index is 226. The summed E-state index contributed by atoms with van der Waals surface area (Å²) < 4.78 is 0. The molecule has 0 spiro atoms. The Morgan fingerprint density at radius 2 is 1.60 bits per heavy atom. The topological polar surface area (TPSA) is 46.5 Å². The molecule has 0 aliphatic carbocycles. The van der Waals surface area contributed by atoms with Crippen molar-refractivity contribution in [2.75, 3.05) is 0 Å². The molecule has 0 N–H and O–H groups in total. The van der Waals surface area contributed by atoms with Crippen molar-refractivity contribution in [3.63, 3.8) is 0 Å². The van der Waals surface area contributed by atoms with Crippen molar-refractivity contribution in [1.82, 2.24) is 0 Å². The van der Waals surface area contributed by atoms with Gasteiger partial charge in [-0.1, -0.05) is 0 Å². The van der Waals surface area contributed by atoms with Crippen LogP contribution < -0.4 is 0 Å². The number of nitrogens with zero attached hydrogens (tertiary/aromatic N) is 1.